The maximum atomic E-state index is 8.64. The van der Waals surface area contributed by atoms with E-state index >= 15 is 0 Å². The fourth-order valence-electron chi connectivity index (χ4n) is 2.26. The van der Waals surface area contributed by atoms with Crippen LogP contribution in [-0.4, -0.2) is 60.3 Å². The largest absolute Gasteiger partial charge is 0.409 e. The molecule has 1 aliphatic heterocycles. The third kappa shape index (κ3) is 5.30. The van der Waals surface area contributed by atoms with E-state index in [1.165, 1.54) is 0 Å². The fourth-order valence-corrected chi connectivity index (χ4v) is 2.26. The predicted octanol–water partition coefficient (Wildman–Crippen LogP) is -0.0120. The van der Waals surface area contributed by atoms with Gasteiger partial charge in [0.05, 0.1) is 13.2 Å². The lowest BCUT2D eigenvalue weighted by Gasteiger charge is -2.26. The Morgan fingerprint density at radius 2 is 2.29 bits per heavy atom. The first kappa shape index (κ1) is 15.7. The Labute approximate surface area is 124 Å². The van der Waals surface area contributed by atoms with Gasteiger partial charge >= 0.3 is 0 Å². The molecule has 0 amide bonds. The lowest BCUT2D eigenvalue weighted by molar-refractivity contribution is 0.0374. The Morgan fingerprint density at radius 3 is 3.05 bits per heavy atom. The second-order valence-electron chi connectivity index (χ2n) is 5.02. The van der Waals surface area contributed by atoms with E-state index in [0.29, 0.717) is 5.69 Å². The third-order valence-electron chi connectivity index (χ3n) is 3.46. The average molecular weight is 293 g/mol. The molecule has 0 unspecified atom stereocenters. The summed E-state index contributed by atoms with van der Waals surface area (Å²) in [6, 6.07) is 3.74. The van der Waals surface area contributed by atoms with E-state index in [0.717, 1.165) is 57.9 Å². The maximum Gasteiger partial charge on any atom is 0.188 e. The molecule has 0 bridgehead atoms. The van der Waals surface area contributed by atoms with Crippen LogP contribution in [0.3, 0.4) is 0 Å². The van der Waals surface area contributed by atoms with E-state index in [2.05, 4.69) is 20.4 Å². The minimum absolute atomic E-state index is 0.0316. The topological polar surface area (TPSA) is 96.0 Å². The summed E-state index contributed by atoms with van der Waals surface area (Å²) < 4.78 is 5.32. The van der Waals surface area contributed by atoms with Crippen molar-refractivity contribution in [3.05, 3.63) is 29.6 Å². The molecular formula is C14H23N5O2. The van der Waals surface area contributed by atoms with Crippen LogP contribution in [-0.2, 0) is 11.3 Å². The van der Waals surface area contributed by atoms with E-state index in [1.54, 1.807) is 6.20 Å². The number of hydrogen-bond donors (Lipinski definition) is 3. The Morgan fingerprint density at radius 1 is 1.48 bits per heavy atom. The molecular weight excluding hydrogens is 270 g/mol. The number of pyridine rings is 1. The van der Waals surface area contributed by atoms with Crippen LogP contribution in [0.5, 0.6) is 0 Å². The zero-order valence-electron chi connectivity index (χ0n) is 12.2. The van der Waals surface area contributed by atoms with Crippen molar-refractivity contribution in [1.82, 2.24) is 15.2 Å². The van der Waals surface area contributed by atoms with E-state index in [4.69, 9.17) is 15.7 Å². The fraction of sp³-hybridized carbons (Fsp3) is 0.571. The maximum absolute atomic E-state index is 8.64. The van der Waals surface area contributed by atoms with Gasteiger partial charge in [-0.3, -0.25) is 9.88 Å². The van der Waals surface area contributed by atoms with Crippen molar-refractivity contribution >= 4 is 5.84 Å². The minimum atomic E-state index is 0.0316. The first-order valence-corrected chi connectivity index (χ1v) is 7.23. The lowest BCUT2D eigenvalue weighted by Crippen LogP contribution is -2.37. The van der Waals surface area contributed by atoms with Gasteiger partial charge in [0.1, 0.15) is 5.69 Å². The van der Waals surface area contributed by atoms with Gasteiger partial charge < -0.3 is 21.0 Å². The quantitative estimate of drug-likeness (QED) is 0.215. The van der Waals surface area contributed by atoms with Gasteiger partial charge in [0, 0.05) is 25.8 Å². The Bertz CT molecular complexity index is 460. The molecule has 116 valence electrons. The number of oxime groups is 1. The summed E-state index contributed by atoms with van der Waals surface area (Å²) in [6.45, 7) is 6.57. The number of nitrogens with two attached hydrogens (primary N) is 1. The number of amidine groups is 1. The van der Waals surface area contributed by atoms with Crippen molar-refractivity contribution in [2.24, 2.45) is 10.9 Å². The van der Waals surface area contributed by atoms with Crippen molar-refractivity contribution in [1.29, 1.82) is 0 Å². The molecule has 7 nitrogen and oxygen atoms in total. The molecule has 2 rings (SSSR count). The van der Waals surface area contributed by atoms with Crippen molar-refractivity contribution in [3.8, 4) is 0 Å². The highest BCUT2D eigenvalue weighted by molar-refractivity contribution is 5.95. The van der Waals surface area contributed by atoms with Crippen LogP contribution in [0, 0.1) is 0 Å². The second-order valence-corrected chi connectivity index (χ2v) is 5.02. The van der Waals surface area contributed by atoms with Crippen molar-refractivity contribution in [2.45, 2.75) is 13.0 Å². The van der Waals surface area contributed by atoms with Crippen molar-refractivity contribution in [2.75, 3.05) is 39.4 Å². The molecule has 1 saturated heterocycles. The number of nitrogens with zero attached hydrogens (tertiary/aromatic N) is 3. The van der Waals surface area contributed by atoms with E-state index in [9.17, 15) is 0 Å². The molecule has 0 radical (unpaired) electrons. The summed E-state index contributed by atoms with van der Waals surface area (Å²) in [5.74, 6) is 0.0316. The molecule has 7 heteroatoms. The van der Waals surface area contributed by atoms with Gasteiger partial charge in [0.15, 0.2) is 5.84 Å². The summed E-state index contributed by atoms with van der Waals surface area (Å²) in [4.78, 5) is 6.48. The Kier molecular flexibility index (Phi) is 6.39. The highest BCUT2D eigenvalue weighted by Gasteiger charge is 2.09. The molecule has 0 saturated carbocycles. The Hall–Kier alpha value is -1.70. The number of morpholine rings is 1. The molecule has 21 heavy (non-hydrogen) atoms. The number of ether oxygens (including phenoxy) is 1. The standard InChI is InChI=1S/C14H23N5O2/c15-14(18-20)13-10-12(2-4-17-13)11-16-3-1-5-19-6-8-21-9-7-19/h2,4,10,16,20H,1,3,5-9,11H2,(H2,15,18). The summed E-state index contributed by atoms with van der Waals surface area (Å²) in [5, 5.41) is 15.0. The van der Waals surface area contributed by atoms with Crippen LogP contribution < -0.4 is 11.1 Å². The molecule has 0 atom stereocenters. The third-order valence-corrected chi connectivity index (χ3v) is 3.46. The molecule has 1 aromatic rings. The molecule has 0 aromatic carbocycles. The number of hydrogen-bond acceptors (Lipinski definition) is 6. The van der Waals surface area contributed by atoms with Crippen LogP contribution >= 0.6 is 0 Å². The highest BCUT2D eigenvalue weighted by atomic mass is 16.5. The number of rotatable bonds is 7. The van der Waals surface area contributed by atoms with Gasteiger partial charge in [0.25, 0.3) is 0 Å². The summed E-state index contributed by atoms with van der Waals surface area (Å²) in [6.07, 6.45) is 2.77. The second kappa shape index (κ2) is 8.56. The summed E-state index contributed by atoms with van der Waals surface area (Å²) in [5.41, 5.74) is 7.08. The SMILES string of the molecule is NC(=NO)c1cc(CNCCCN2CCOCC2)ccn1. The monoisotopic (exact) mass is 293 g/mol. The number of aromatic nitrogens is 1. The molecule has 1 aromatic heterocycles. The summed E-state index contributed by atoms with van der Waals surface area (Å²) >= 11 is 0. The van der Waals surface area contributed by atoms with E-state index in [1.807, 2.05) is 12.1 Å². The van der Waals surface area contributed by atoms with E-state index in [-0.39, 0.29) is 5.84 Å². The van der Waals surface area contributed by atoms with Crippen molar-refractivity contribution < 1.29 is 9.94 Å². The van der Waals surface area contributed by atoms with Gasteiger partial charge in [-0.1, -0.05) is 5.16 Å². The smallest absolute Gasteiger partial charge is 0.188 e. The average Bonchev–Trinajstić information content (AvgIpc) is 2.55. The molecule has 1 fully saturated rings. The first-order valence-electron chi connectivity index (χ1n) is 7.23. The zero-order valence-corrected chi connectivity index (χ0v) is 12.2. The van der Waals surface area contributed by atoms with Gasteiger partial charge in [-0.15, -0.1) is 0 Å². The predicted molar refractivity (Wildman–Crippen MR) is 80.3 cm³/mol. The molecule has 2 heterocycles. The minimum Gasteiger partial charge on any atom is -0.409 e. The van der Waals surface area contributed by atoms with Crippen LogP contribution in [0.2, 0.25) is 0 Å². The van der Waals surface area contributed by atoms with Crippen LogP contribution in [0.4, 0.5) is 0 Å². The summed E-state index contributed by atoms with van der Waals surface area (Å²) in [7, 11) is 0. The first-order chi connectivity index (χ1) is 10.3. The van der Waals surface area contributed by atoms with Gasteiger partial charge in [-0.25, -0.2) is 0 Å². The molecule has 0 spiro atoms. The van der Waals surface area contributed by atoms with Crippen LogP contribution in [0.25, 0.3) is 0 Å². The van der Waals surface area contributed by atoms with Gasteiger partial charge in [0.2, 0.25) is 0 Å². The van der Waals surface area contributed by atoms with Gasteiger partial charge in [-0.05, 0) is 37.2 Å². The Balaban J connectivity index is 1.66. The molecule has 1 aliphatic rings. The van der Waals surface area contributed by atoms with Crippen LogP contribution in [0.1, 0.15) is 17.7 Å². The zero-order chi connectivity index (χ0) is 14.9. The molecule has 0 aliphatic carbocycles. The van der Waals surface area contributed by atoms with Gasteiger partial charge in [-0.2, -0.15) is 0 Å². The number of nitrogens with one attached hydrogen (secondary N) is 1. The lowest BCUT2D eigenvalue weighted by atomic mass is 10.2. The van der Waals surface area contributed by atoms with Crippen molar-refractivity contribution in [3.63, 3.8) is 0 Å². The molecule has 4 N–H and O–H groups in total. The highest BCUT2D eigenvalue weighted by Crippen LogP contribution is 2.02. The normalized spacial score (nSPS) is 17.0. The van der Waals surface area contributed by atoms with E-state index < -0.39 is 0 Å². The van der Waals surface area contributed by atoms with Crippen LogP contribution in [0.15, 0.2) is 23.5 Å².